The Hall–Kier alpha value is -3.07. The number of anilines is 1. The zero-order chi connectivity index (χ0) is 21.8. The summed E-state index contributed by atoms with van der Waals surface area (Å²) in [7, 11) is 0. The molecule has 162 valence electrons. The fraction of sp³-hybridized carbons (Fsp3) is 0.364. The molecular formula is C22H19F3N2O4. The summed E-state index contributed by atoms with van der Waals surface area (Å²) in [6.45, 7) is 1.31. The Morgan fingerprint density at radius 2 is 1.65 bits per heavy atom. The number of nitrogens with zero attached hydrogens (tertiary/aromatic N) is 2. The van der Waals surface area contributed by atoms with Gasteiger partial charge in [0.1, 0.15) is 13.2 Å². The van der Waals surface area contributed by atoms with Crippen LogP contribution < -0.4 is 14.4 Å². The zero-order valence-corrected chi connectivity index (χ0v) is 16.4. The molecule has 1 fully saturated rings. The smallest absolute Gasteiger partial charge is 0.416 e. The Morgan fingerprint density at radius 3 is 2.26 bits per heavy atom. The van der Waals surface area contributed by atoms with Crippen molar-refractivity contribution >= 4 is 17.4 Å². The van der Waals surface area contributed by atoms with E-state index in [1.54, 1.807) is 12.1 Å². The highest BCUT2D eigenvalue weighted by atomic mass is 19.4. The lowest BCUT2D eigenvalue weighted by Gasteiger charge is -2.28. The maximum atomic E-state index is 12.8. The van der Waals surface area contributed by atoms with Crippen LogP contribution in [-0.4, -0.2) is 42.5 Å². The van der Waals surface area contributed by atoms with Crippen molar-refractivity contribution in [3.05, 3.63) is 53.1 Å². The van der Waals surface area contributed by atoms with Gasteiger partial charge in [0, 0.05) is 18.7 Å². The number of carbonyl (C=O) groups excluding carboxylic acids is 2. The van der Waals surface area contributed by atoms with Crippen molar-refractivity contribution < 1.29 is 32.2 Å². The van der Waals surface area contributed by atoms with Gasteiger partial charge in [0.2, 0.25) is 0 Å². The fourth-order valence-corrected chi connectivity index (χ4v) is 3.92. The van der Waals surface area contributed by atoms with E-state index in [4.69, 9.17) is 9.47 Å². The van der Waals surface area contributed by atoms with Crippen molar-refractivity contribution in [1.29, 1.82) is 0 Å². The normalized spacial score (nSPS) is 18.0. The van der Waals surface area contributed by atoms with Crippen LogP contribution in [0.2, 0.25) is 0 Å². The van der Waals surface area contributed by atoms with Crippen LogP contribution in [-0.2, 0) is 17.5 Å². The molecule has 5 rings (SSSR count). The molecule has 31 heavy (non-hydrogen) atoms. The molecule has 0 radical (unpaired) electrons. The van der Waals surface area contributed by atoms with Crippen molar-refractivity contribution in [3.8, 4) is 11.5 Å². The Labute approximate surface area is 176 Å². The minimum atomic E-state index is -4.38. The minimum Gasteiger partial charge on any atom is -0.486 e. The third kappa shape index (κ3) is 3.74. The molecule has 9 heteroatoms. The summed E-state index contributed by atoms with van der Waals surface area (Å²) in [5.74, 6) is -0.303. The van der Waals surface area contributed by atoms with E-state index in [2.05, 4.69) is 0 Å². The molecule has 0 unspecified atom stereocenters. The third-order valence-electron chi connectivity index (χ3n) is 5.69. The monoisotopic (exact) mass is 432 g/mol. The molecule has 2 aromatic carbocycles. The molecule has 2 aromatic rings. The highest BCUT2D eigenvalue weighted by Crippen LogP contribution is 2.41. The highest BCUT2D eigenvalue weighted by molar-refractivity contribution is 6.52. The quantitative estimate of drug-likeness (QED) is 0.676. The SMILES string of the molecule is O=C1C(=O)N(CN(Cc2ccc(C(F)(F)F)cc2)C2CC2)c2cc3c(cc21)OCCO3. The lowest BCUT2D eigenvalue weighted by molar-refractivity contribution is -0.137. The fourth-order valence-electron chi connectivity index (χ4n) is 3.92. The number of halogens is 3. The van der Waals surface area contributed by atoms with E-state index in [1.807, 2.05) is 4.90 Å². The van der Waals surface area contributed by atoms with Crippen LogP contribution in [0.15, 0.2) is 36.4 Å². The maximum Gasteiger partial charge on any atom is 0.416 e. The van der Waals surface area contributed by atoms with Gasteiger partial charge in [0.25, 0.3) is 5.78 Å². The number of benzene rings is 2. The number of fused-ring (bicyclic) bond motifs is 2. The van der Waals surface area contributed by atoms with E-state index < -0.39 is 23.4 Å². The van der Waals surface area contributed by atoms with Gasteiger partial charge in [-0.3, -0.25) is 19.4 Å². The number of hydrogen-bond acceptors (Lipinski definition) is 5. The molecule has 3 aliphatic rings. The van der Waals surface area contributed by atoms with Gasteiger partial charge in [-0.05, 0) is 36.6 Å². The van der Waals surface area contributed by atoms with Crippen molar-refractivity contribution in [1.82, 2.24) is 4.90 Å². The van der Waals surface area contributed by atoms with E-state index in [0.29, 0.717) is 42.5 Å². The number of alkyl halides is 3. The molecule has 1 aliphatic carbocycles. The molecule has 0 N–H and O–H groups in total. The number of amides is 1. The Bertz CT molecular complexity index is 1050. The van der Waals surface area contributed by atoms with Crippen molar-refractivity contribution in [2.45, 2.75) is 31.6 Å². The number of rotatable bonds is 5. The first-order valence-electron chi connectivity index (χ1n) is 10.0. The second-order valence-electron chi connectivity index (χ2n) is 7.89. The van der Waals surface area contributed by atoms with E-state index in [0.717, 1.165) is 25.0 Å². The summed E-state index contributed by atoms with van der Waals surface area (Å²) < 4.78 is 49.6. The predicted molar refractivity (Wildman–Crippen MR) is 104 cm³/mol. The van der Waals surface area contributed by atoms with Crippen molar-refractivity contribution in [3.63, 3.8) is 0 Å². The molecule has 6 nitrogen and oxygen atoms in total. The minimum absolute atomic E-state index is 0.170. The second kappa shape index (κ2) is 7.26. The number of ether oxygens (including phenoxy) is 2. The van der Waals surface area contributed by atoms with E-state index in [1.165, 1.54) is 17.0 Å². The first-order chi connectivity index (χ1) is 14.8. The number of hydrogen-bond donors (Lipinski definition) is 0. The second-order valence-corrected chi connectivity index (χ2v) is 7.89. The first-order valence-corrected chi connectivity index (χ1v) is 10.0. The molecule has 0 atom stereocenters. The third-order valence-corrected chi connectivity index (χ3v) is 5.69. The average molecular weight is 432 g/mol. The maximum absolute atomic E-state index is 12.8. The molecule has 2 aliphatic heterocycles. The lowest BCUT2D eigenvalue weighted by Crippen LogP contribution is -2.41. The van der Waals surface area contributed by atoms with Gasteiger partial charge >= 0.3 is 12.1 Å². The van der Waals surface area contributed by atoms with Crippen LogP contribution >= 0.6 is 0 Å². The average Bonchev–Trinajstić information content (AvgIpc) is 3.57. The molecule has 0 spiro atoms. The number of ketones is 1. The molecule has 0 saturated heterocycles. The largest absolute Gasteiger partial charge is 0.486 e. The summed E-state index contributed by atoms with van der Waals surface area (Å²) in [6, 6.07) is 8.42. The van der Waals surface area contributed by atoms with Gasteiger partial charge in [-0.25, -0.2) is 0 Å². The van der Waals surface area contributed by atoms with E-state index >= 15 is 0 Å². The molecule has 0 aromatic heterocycles. The standard InChI is InChI=1S/C22H19F3N2O4/c23-22(24,25)14-3-1-13(2-4-14)11-26(15-5-6-15)12-27-17-10-19-18(30-7-8-31-19)9-16(17)20(28)21(27)29/h1-4,9-10,15H,5-8,11-12H2. The Balaban J connectivity index is 1.39. The molecule has 1 amide bonds. The molecule has 1 saturated carbocycles. The number of carbonyl (C=O) groups is 2. The molecular weight excluding hydrogens is 413 g/mol. The number of Topliss-reactive ketones (excluding diaryl/α,β-unsaturated/α-hetero) is 1. The van der Waals surface area contributed by atoms with Gasteiger partial charge in [-0.1, -0.05) is 12.1 Å². The summed E-state index contributed by atoms with van der Waals surface area (Å²) in [5.41, 5.74) is 0.757. The Morgan fingerprint density at radius 1 is 1.00 bits per heavy atom. The summed E-state index contributed by atoms with van der Waals surface area (Å²) in [5, 5.41) is 0. The Kier molecular flexibility index (Phi) is 4.65. The van der Waals surface area contributed by atoms with Gasteiger partial charge in [-0.2, -0.15) is 13.2 Å². The molecule has 0 bridgehead atoms. The van der Waals surface area contributed by atoms with E-state index in [9.17, 15) is 22.8 Å². The van der Waals surface area contributed by atoms with Crippen LogP contribution in [0.25, 0.3) is 0 Å². The van der Waals surface area contributed by atoms with Crippen molar-refractivity contribution in [2.75, 3.05) is 24.8 Å². The van der Waals surface area contributed by atoms with Crippen molar-refractivity contribution in [2.24, 2.45) is 0 Å². The van der Waals surface area contributed by atoms with Crippen LogP contribution in [0, 0.1) is 0 Å². The predicted octanol–water partition coefficient (Wildman–Crippen LogP) is 3.63. The first kappa shape index (κ1) is 19.9. The van der Waals surface area contributed by atoms with Crippen LogP contribution in [0.1, 0.15) is 34.3 Å². The van der Waals surface area contributed by atoms with Crippen LogP contribution in [0.5, 0.6) is 11.5 Å². The molecule has 2 heterocycles. The van der Waals surface area contributed by atoms with Crippen LogP contribution in [0.3, 0.4) is 0 Å². The summed E-state index contributed by atoms with van der Waals surface area (Å²) >= 11 is 0. The summed E-state index contributed by atoms with van der Waals surface area (Å²) in [4.78, 5) is 28.7. The van der Waals surface area contributed by atoms with Gasteiger partial charge in [0.05, 0.1) is 23.5 Å². The van der Waals surface area contributed by atoms with E-state index in [-0.39, 0.29) is 18.3 Å². The lowest BCUT2D eigenvalue weighted by atomic mass is 10.1. The topological polar surface area (TPSA) is 59.1 Å². The van der Waals surface area contributed by atoms with Gasteiger partial charge < -0.3 is 9.47 Å². The van der Waals surface area contributed by atoms with Gasteiger partial charge in [0.15, 0.2) is 11.5 Å². The van der Waals surface area contributed by atoms with Crippen LogP contribution in [0.4, 0.5) is 18.9 Å². The summed E-state index contributed by atoms with van der Waals surface area (Å²) in [6.07, 6.45) is -2.51. The zero-order valence-electron chi connectivity index (χ0n) is 16.4. The van der Waals surface area contributed by atoms with Gasteiger partial charge in [-0.15, -0.1) is 0 Å². The highest BCUT2D eigenvalue weighted by Gasteiger charge is 2.40.